The van der Waals surface area contributed by atoms with Crippen LogP contribution in [-0.2, 0) is 19.1 Å². The van der Waals surface area contributed by atoms with Gasteiger partial charge in [-0.3, -0.25) is 9.59 Å². The second kappa shape index (κ2) is 9.05. The number of ether oxygens (including phenoxy) is 1. The van der Waals surface area contributed by atoms with Crippen molar-refractivity contribution in [1.29, 1.82) is 0 Å². The summed E-state index contributed by atoms with van der Waals surface area (Å²) in [5.41, 5.74) is -2.89. The van der Waals surface area contributed by atoms with E-state index >= 15 is 0 Å². The standard InChI is InChI=1S/C7H8O9.Ca.H2O.2H/c8-3(9)1-7(15,5(11)12)2-4(10)16-6(13)14;;;;/h15H,1-2H2,(H,8,9)(H,11,12)(H,13,14);;1H2;;. The number of carboxylic acid groups (broad SMARTS) is 3. The molecule has 0 fully saturated rings. The molecule has 18 heavy (non-hydrogen) atoms. The fourth-order valence-corrected chi connectivity index (χ4v) is 0.836. The Kier molecular flexibility index (Phi) is 11.2. The summed E-state index contributed by atoms with van der Waals surface area (Å²) in [4.78, 5) is 41.4. The first kappa shape index (κ1) is 22.3. The Morgan fingerprint density at radius 1 is 1.00 bits per heavy atom. The number of hydrogen-bond acceptors (Lipinski definition) is 6. The Morgan fingerprint density at radius 2 is 1.44 bits per heavy atom. The quantitative estimate of drug-likeness (QED) is 0.235. The molecule has 1 unspecified atom stereocenters. The van der Waals surface area contributed by atoms with Crippen LogP contribution in [0.25, 0.3) is 0 Å². The van der Waals surface area contributed by atoms with Crippen molar-refractivity contribution < 1.29 is 49.8 Å². The Labute approximate surface area is 129 Å². The number of carboxylic acids is 2. The van der Waals surface area contributed by atoms with E-state index in [0.717, 1.165) is 0 Å². The van der Waals surface area contributed by atoms with Crippen LogP contribution in [0.4, 0.5) is 4.79 Å². The van der Waals surface area contributed by atoms with Crippen LogP contribution in [0.1, 0.15) is 12.8 Å². The van der Waals surface area contributed by atoms with E-state index in [-0.39, 0.29) is 43.2 Å². The molecule has 11 heteroatoms. The molecule has 0 aliphatic carbocycles. The summed E-state index contributed by atoms with van der Waals surface area (Å²) in [5, 5.41) is 34.1. The van der Waals surface area contributed by atoms with Gasteiger partial charge in [0.05, 0.1) is 12.8 Å². The molecular weight excluding hydrogens is 284 g/mol. The molecule has 0 radical (unpaired) electrons. The minimum absolute atomic E-state index is 0. The van der Waals surface area contributed by atoms with Gasteiger partial charge in [0.2, 0.25) is 0 Å². The summed E-state index contributed by atoms with van der Waals surface area (Å²) in [6.45, 7) is 0. The molecule has 0 aliphatic heterocycles. The Balaban J connectivity index is -0.00000112. The first-order chi connectivity index (χ1) is 7.17. The number of aliphatic hydroxyl groups is 1. The van der Waals surface area contributed by atoms with Crippen molar-refractivity contribution in [3.8, 4) is 0 Å². The molecule has 0 saturated carbocycles. The zero-order valence-corrected chi connectivity index (χ0v) is 8.24. The van der Waals surface area contributed by atoms with Crippen LogP contribution in [-0.4, -0.2) is 93.3 Å². The fourth-order valence-electron chi connectivity index (χ4n) is 0.836. The fraction of sp³-hybridized carbons (Fsp3) is 0.429. The van der Waals surface area contributed by atoms with Crippen molar-refractivity contribution in [3.05, 3.63) is 0 Å². The van der Waals surface area contributed by atoms with Gasteiger partial charge in [-0.05, 0) is 0 Å². The van der Waals surface area contributed by atoms with E-state index in [1.807, 2.05) is 0 Å². The molecule has 0 aromatic heterocycles. The van der Waals surface area contributed by atoms with Crippen molar-refractivity contribution in [1.82, 2.24) is 0 Å². The molecule has 1 atom stereocenters. The van der Waals surface area contributed by atoms with E-state index in [0.29, 0.717) is 0 Å². The van der Waals surface area contributed by atoms with Gasteiger partial charge >= 0.3 is 61.8 Å². The minimum atomic E-state index is -2.89. The Morgan fingerprint density at radius 3 is 1.72 bits per heavy atom. The summed E-state index contributed by atoms with van der Waals surface area (Å²) < 4.78 is 3.54. The summed E-state index contributed by atoms with van der Waals surface area (Å²) in [6, 6.07) is 0. The van der Waals surface area contributed by atoms with Crippen LogP contribution in [0.3, 0.4) is 0 Å². The van der Waals surface area contributed by atoms with Gasteiger partial charge in [0.25, 0.3) is 0 Å². The maximum atomic E-state index is 10.7. The van der Waals surface area contributed by atoms with Crippen molar-refractivity contribution in [3.63, 3.8) is 0 Å². The van der Waals surface area contributed by atoms with Crippen molar-refractivity contribution >= 4 is 61.8 Å². The Bertz CT molecular complexity index is 339. The van der Waals surface area contributed by atoms with Gasteiger partial charge in [-0.2, -0.15) is 0 Å². The molecule has 102 valence electrons. The van der Waals surface area contributed by atoms with Gasteiger partial charge in [-0.25, -0.2) is 9.59 Å². The van der Waals surface area contributed by atoms with Crippen LogP contribution in [0, 0.1) is 0 Å². The van der Waals surface area contributed by atoms with Gasteiger partial charge < -0.3 is 30.6 Å². The van der Waals surface area contributed by atoms with Crippen molar-refractivity contribution in [2.45, 2.75) is 18.4 Å². The van der Waals surface area contributed by atoms with E-state index in [2.05, 4.69) is 4.74 Å². The zero-order valence-electron chi connectivity index (χ0n) is 8.24. The third kappa shape index (κ3) is 8.19. The van der Waals surface area contributed by atoms with Crippen molar-refractivity contribution in [2.24, 2.45) is 0 Å². The van der Waals surface area contributed by atoms with Crippen LogP contribution in [0.15, 0.2) is 0 Å². The molecule has 0 spiro atoms. The molecule has 0 rings (SSSR count). The van der Waals surface area contributed by atoms with Gasteiger partial charge in [-0.1, -0.05) is 0 Å². The van der Waals surface area contributed by atoms with E-state index < -0.39 is 42.5 Å². The normalized spacial score (nSPS) is 12.1. The first-order valence-electron chi connectivity index (χ1n) is 3.78. The van der Waals surface area contributed by atoms with Crippen LogP contribution in [0.2, 0.25) is 0 Å². The summed E-state index contributed by atoms with van der Waals surface area (Å²) >= 11 is 0. The van der Waals surface area contributed by atoms with Gasteiger partial charge in [-0.15, -0.1) is 0 Å². The van der Waals surface area contributed by atoms with Gasteiger partial charge in [0.15, 0.2) is 5.60 Å². The number of esters is 1. The third-order valence-corrected chi connectivity index (χ3v) is 1.48. The number of aliphatic carboxylic acids is 2. The van der Waals surface area contributed by atoms with E-state index in [9.17, 15) is 24.3 Å². The number of carbonyl (C=O) groups is 4. The van der Waals surface area contributed by atoms with E-state index in [1.54, 1.807) is 0 Å². The third-order valence-electron chi connectivity index (χ3n) is 1.48. The van der Waals surface area contributed by atoms with Crippen LogP contribution < -0.4 is 0 Å². The summed E-state index contributed by atoms with van der Waals surface area (Å²) in [5.74, 6) is -5.18. The number of rotatable bonds is 5. The number of hydrogen-bond donors (Lipinski definition) is 4. The first-order valence-corrected chi connectivity index (χ1v) is 3.78. The van der Waals surface area contributed by atoms with Crippen LogP contribution >= 0.6 is 0 Å². The monoisotopic (exact) mass is 296 g/mol. The molecule has 0 amide bonds. The second-order valence-corrected chi connectivity index (χ2v) is 2.82. The van der Waals surface area contributed by atoms with Crippen LogP contribution in [0.5, 0.6) is 0 Å². The molecule has 0 aromatic rings. The molecule has 0 bridgehead atoms. The Hall–Kier alpha value is -0.940. The zero-order chi connectivity index (χ0) is 12.9. The topological polar surface area (TPSA) is 190 Å². The van der Waals surface area contributed by atoms with Gasteiger partial charge in [0, 0.05) is 0 Å². The predicted molar refractivity (Wildman–Crippen MR) is 55.7 cm³/mol. The van der Waals surface area contributed by atoms with Gasteiger partial charge in [0.1, 0.15) is 0 Å². The molecule has 0 aliphatic rings. The predicted octanol–water partition coefficient (Wildman–Crippen LogP) is -2.85. The molecule has 0 saturated heterocycles. The number of carbonyl (C=O) groups excluding carboxylic acids is 1. The molecule has 10 nitrogen and oxygen atoms in total. The molecular formula is C7H12CaO10. The average Bonchev–Trinajstić information content (AvgIpc) is 1.98. The molecule has 6 N–H and O–H groups in total. The summed E-state index contributed by atoms with van der Waals surface area (Å²) in [6.07, 6.45) is -4.51. The molecule has 0 heterocycles. The average molecular weight is 296 g/mol. The van der Waals surface area contributed by atoms with E-state index in [4.69, 9.17) is 15.3 Å². The SMILES string of the molecule is O.O=C(O)CC(O)(CC(=O)OC(=O)O)C(=O)O.[CaH2]. The van der Waals surface area contributed by atoms with Crippen molar-refractivity contribution in [2.75, 3.05) is 0 Å². The van der Waals surface area contributed by atoms with E-state index in [1.165, 1.54) is 0 Å². The maximum absolute atomic E-state index is 10.7. The molecule has 0 aromatic carbocycles. The summed E-state index contributed by atoms with van der Waals surface area (Å²) in [7, 11) is 0. The second-order valence-electron chi connectivity index (χ2n) is 2.82.